The lowest BCUT2D eigenvalue weighted by Crippen LogP contribution is -2.12. The highest BCUT2D eigenvalue weighted by atomic mass is 32.2. The van der Waals surface area contributed by atoms with Crippen LogP contribution in [0.3, 0.4) is 0 Å². The summed E-state index contributed by atoms with van der Waals surface area (Å²) in [4.78, 5) is 13.0. The van der Waals surface area contributed by atoms with E-state index < -0.39 is 0 Å². The van der Waals surface area contributed by atoms with Gasteiger partial charge >= 0.3 is 0 Å². The lowest BCUT2D eigenvalue weighted by molar-refractivity contribution is -0.116. The first-order chi connectivity index (χ1) is 10.0. The first-order valence-electron chi connectivity index (χ1n) is 6.82. The molecule has 21 heavy (non-hydrogen) atoms. The number of aromatic nitrogens is 2. The minimum Gasteiger partial charge on any atom is -0.399 e. The van der Waals surface area contributed by atoms with Gasteiger partial charge < -0.3 is 11.1 Å². The van der Waals surface area contributed by atoms with Gasteiger partial charge in [0.15, 0.2) is 0 Å². The molecule has 0 radical (unpaired) electrons. The number of rotatable bonds is 6. The summed E-state index contributed by atoms with van der Waals surface area (Å²) in [6.07, 6.45) is 5.13. The van der Waals surface area contributed by atoms with Gasteiger partial charge in [-0.3, -0.25) is 9.48 Å². The molecule has 0 aliphatic heterocycles. The number of anilines is 2. The maximum atomic E-state index is 11.9. The second-order valence-electron chi connectivity index (χ2n) is 4.92. The van der Waals surface area contributed by atoms with Crippen LogP contribution in [0.25, 0.3) is 0 Å². The molecule has 0 saturated heterocycles. The zero-order valence-electron chi connectivity index (χ0n) is 12.3. The van der Waals surface area contributed by atoms with E-state index in [1.165, 1.54) is 0 Å². The van der Waals surface area contributed by atoms with Crippen LogP contribution in [0.15, 0.2) is 35.5 Å². The minimum atomic E-state index is 0.0236. The van der Waals surface area contributed by atoms with Crippen LogP contribution in [-0.4, -0.2) is 21.4 Å². The molecule has 3 N–H and O–H groups in total. The fourth-order valence-corrected chi connectivity index (χ4v) is 2.76. The molecule has 1 aromatic heterocycles. The highest BCUT2D eigenvalue weighted by Gasteiger charge is 2.05. The third kappa shape index (κ3) is 4.82. The van der Waals surface area contributed by atoms with Crippen molar-refractivity contribution in [3.63, 3.8) is 0 Å². The number of amides is 1. The Morgan fingerprint density at radius 3 is 3.00 bits per heavy atom. The van der Waals surface area contributed by atoms with Crippen molar-refractivity contribution < 1.29 is 4.79 Å². The fraction of sp³-hybridized carbons (Fsp3) is 0.333. The van der Waals surface area contributed by atoms with Crippen LogP contribution in [0, 0.1) is 6.92 Å². The van der Waals surface area contributed by atoms with Crippen LogP contribution < -0.4 is 11.1 Å². The van der Waals surface area contributed by atoms with Gasteiger partial charge in [-0.05, 0) is 36.8 Å². The molecule has 2 rings (SSSR count). The number of nitrogens with two attached hydrogens (primary N) is 1. The number of nitrogens with zero attached hydrogens (tertiary/aromatic N) is 2. The predicted molar refractivity (Wildman–Crippen MR) is 87.4 cm³/mol. The summed E-state index contributed by atoms with van der Waals surface area (Å²) in [7, 11) is 1.89. The lowest BCUT2D eigenvalue weighted by Gasteiger charge is -2.09. The van der Waals surface area contributed by atoms with Crippen molar-refractivity contribution in [3.8, 4) is 0 Å². The maximum Gasteiger partial charge on any atom is 0.224 e. The second kappa shape index (κ2) is 7.17. The Hall–Kier alpha value is -1.95. The topological polar surface area (TPSA) is 72.9 Å². The minimum absolute atomic E-state index is 0.0236. The molecule has 0 spiro atoms. The smallest absolute Gasteiger partial charge is 0.224 e. The van der Waals surface area contributed by atoms with Gasteiger partial charge in [-0.1, -0.05) is 6.07 Å². The Balaban J connectivity index is 1.73. The average Bonchev–Trinajstić information content (AvgIpc) is 2.85. The Morgan fingerprint density at radius 2 is 2.29 bits per heavy atom. The van der Waals surface area contributed by atoms with Crippen LogP contribution in [0.2, 0.25) is 0 Å². The number of hydrogen-bond acceptors (Lipinski definition) is 4. The molecule has 0 atom stereocenters. The number of aryl methyl sites for hydroxylation is 2. The Bertz CT molecular complexity index is 624. The number of nitrogens with one attached hydrogen (secondary N) is 1. The van der Waals surface area contributed by atoms with E-state index in [-0.39, 0.29) is 5.91 Å². The molecule has 0 aliphatic carbocycles. The Kier molecular flexibility index (Phi) is 5.27. The van der Waals surface area contributed by atoms with Crippen molar-refractivity contribution in [2.45, 2.75) is 24.7 Å². The zero-order chi connectivity index (χ0) is 15.2. The summed E-state index contributed by atoms with van der Waals surface area (Å²) < 4.78 is 1.78. The maximum absolute atomic E-state index is 11.9. The van der Waals surface area contributed by atoms with Gasteiger partial charge in [0.1, 0.15) is 0 Å². The van der Waals surface area contributed by atoms with Crippen LogP contribution in [0.1, 0.15) is 18.4 Å². The first-order valence-corrected chi connectivity index (χ1v) is 7.80. The molecule has 2 aromatic rings. The van der Waals surface area contributed by atoms with Crippen molar-refractivity contribution in [2.75, 3.05) is 16.8 Å². The van der Waals surface area contributed by atoms with Gasteiger partial charge in [0.25, 0.3) is 0 Å². The number of carbonyl (C=O) groups is 1. The SMILES string of the molecule is Cc1ccc(N)cc1NC(=O)CCCSc1cnn(C)c1. The van der Waals surface area contributed by atoms with E-state index in [2.05, 4.69) is 10.4 Å². The van der Waals surface area contributed by atoms with Gasteiger partial charge in [-0.2, -0.15) is 5.10 Å². The van der Waals surface area contributed by atoms with Gasteiger partial charge in [-0.25, -0.2) is 0 Å². The molecule has 1 aromatic carbocycles. The summed E-state index contributed by atoms with van der Waals surface area (Å²) in [6, 6.07) is 5.52. The largest absolute Gasteiger partial charge is 0.399 e. The van der Waals surface area contributed by atoms with E-state index in [9.17, 15) is 4.79 Å². The molecule has 1 amide bonds. The van der Waals surface area contributed by atoms with E-state index in [4.69, 9.17) is 5.73 Å². The van der Waals surface area contributed by atoms with Gasteiger partial charge in [-0.15, -0.1) is 11.8 Å². The highest BCUT2D eigenvalue weighted by Crippen LogP contribution is 2.20. The quantitative estimate of drug-likeness (QED) is 0.489. The van der Waals surface area contributed by atoms with E-state index in [0.29, 0.717) is 12.1 Å². The predicted octanol–water partition coefficient (Wildman–Crippen LogP) is 2.82. The molecule has 1 heterocycles. The second-order valence-corrected chi connectivity index (χ2v) is 6.09. The summed E-state index contributed by atoms with van der Waals surface area (Å²) in [5, 5.41) is 7.02. The fourth-order valence-electron chi connectivity index (χ4n) is 1.88. The van der Waals surface area contributed by atoms with Gasteiger partial charge in [0, 0.05) is 35.9 Å². The molecule has 0 saturated carbocycles. The van der Waals surface area contributed by atoms with Crippen molar-refractivity contribution >= 4 is 29.0 Å². The summed E-state index contributed by atoms with van der Waals surface area (Å²) >= 11 is 1.71. The molecule has 0 fully saturated rings. The van der Waals surface area contributed by atoms with Crippen LogP contribution >= 0.6 is 11.8 Å². The van der Waals surface area contributed by atoms with Crippen LogP contribution in [0.5, 0.6) is 0 Å². The third-order valence-corrected chi connectivity index (χ3v) is 4.07. The first kappa shape index (κ1) is 15.4. The third-order valence-electron chi connectivity index (χ3n) is 3.03. The standard InChI is InChI=1S/C15H20N4OS/c1-11-5-6-12(16)8-14(11)18-15(20)4-3-7-21-13-9-17-19(2)10-13/h5-6,8-10H,3-4,7,16H2,1-2H3,(H,18,20). The normalized spacial score (nSPS) is 10.6. The monoisotopic (exact) mass is 304 g/mol. The number of hydrogen-bond donors (Lipinski definition) is 2. The van der Waals surface area contributed by atoms with Gasteiger partial charge in [0.2, 0.25) is 5.91 Å². The van der Waals surface area contributed by atoms with E-state index in [1.807, 2.05) is 38.5 Å². The van der Waals surface area contributed by atoms with Crippen LogP contribution in [-0.2, 0) is 11.8 Å². The van der Waals surface area contributed by atoms with Crippen molar-refractivity contribution in [1.29, 1.82) is 0 Å². The molecule has 0 unspecified atom stereocenters. The number of thioether (sulfide) groups is 1. The Labute approximate surface area is 128 Å². The number of nitrogen functional groups attached to an aromatic ring is 1. The summed E-state index contributed by atoms with van der Waals surface area (Å²) in [5.74, 6) is 0.921. The van der Waals surface area contributed by atoms with Crippen molar-refractivity contribution in [1.82, 2.24) is 9.78 Å². The van der Waals surface area contributed by atoms with E-state index >= 15 is 0 Å². The van der Waals surface area contributed by atoms with Crippen molar-refractivity contribution in [3.05, 3.63) is 36.2 Å². The molecule has 0 bridgehead atoms. The average molecular weight is 304 g/mol. The summed E-state index contributed by atoms with van der Waals surface area (Å²) in [5.41, 5.74) is 8.19. The molecule has 5 nitrogen and oxygen atoms in total. The van der Waals surface area contributed by atoms with Gasteiger partial charge in [0.05, 0.1) is 6.20 Å². The summed E-state index contributed by atoms with van der Waals surface area (Å²) in [6.45, 7) is 1.95. The number of carbonyl (C=O) groups excluding carboxylic acids is 1. The van der Waals surface area contributed by atoms with Crippen molar-refractivity contribution in [2.24, 2.45) is 7.05 Å². The molecular formula is C15H20N4OS. The molecule has 0 aliphatic rings. The van der Waals surface area contributed by atoms with E-state index in [1.54, 1.807) is 22.5 Å². The highest BCUT2D eigenvalue weighted by molar-refractivity contribution is 7.99. The number of benzene rings is 1. The molecular weight excluding hydrogens is 284 g/mol. The van der Waals surface area contributed by atoms with Crippen LogP contribution in [0.4, 0.5) is 11.4 Å². The Morgan fingerprint density at radius 1 is 1.48 bits per heavy atom. The molecule has 6 heteroatoms. The molecule has 112 valence electrons. The lowest BCUT2D eigenvalue weighted by atomic mass is 10.1. The van der Waals surface area contributed by atoms with E-state index in [0.717, 1.165) is 28.3 Å². The zero-order valence-corrected chi connectivity index (χ0v) is 13.1.